The lowest BCUT2D eigenvalue weighted by atomic mass is 10.1. The molecule has 0 aliphatic rings. The van der Waals surface area contributed by atoms with Crippen molar-refractivity contribution in [3.8, 4) is 5.75 Å². The maximum absolute atomic E-state index is 11.8. The second-order valence-electron chi connectivity index (χ2n) is 4.35. The van der Waals surface area contributed by atoms with Crippen molar-refractivity contribution in [2.75, 3.05) is 0 Å². The van der Waals surface area contributed by atoms with Crippen LogP contribution < -0.4 is 5.32 Å². The number of carbonyl (C=O) groups is 1. The number of amides is 1. The molecule has 0 atom stereocenters. The van der Waals surface area contributed by atoms with E-state index >= 15 is 0 Å². The summed E-state index contributed by atoms with van der Waals surface area (Å²) in [6.45, 7) is 2.69. The quantitative estimate of drug-likeness (QED) is 0.881. The van der Waals surface area contributed by atoms with E-state index in [1.165, 1.54) is 10.4 Å². The van der Waals surface area contributed by atoms with Crippen molar-refractivity contribution in [2.24, 2.45) is 0 Å². The highest BCUT2D eigenvalue weighted by Gasteiger charge is 2.06. The standard InChI is InChI=1S/C15H17NO2S/c1-2-12-6-7-19-14(12)10-16-15(18)9-11-4-3-5-13(17)8-11/h3-8,17H,2,9-10H2,1H3,(H,16,18). The highest BCUT2D eigenvalue weighted by Crippen LogP contribution is 2.17. The summed E-state index contributed by atoms with van der Waals surface area (Å²) in [4.78, 5) is 13.0. The van der Waals surface area contributed by atoms with E-state index in [1.807, 2.05) is 6.07 Å². The molecule has 0 fully saturated rings. The molecule has 1 aromatic heterocycles. The zero-order chi connectivity index (χ0) is 13.7. The number of phenolic OH excluding ortho intramolecular Hbond substituents is 1. The number of aromatic hydroxyl groups is 1. The lowest BCUT2D eigenvalue weighted by molar-refractivity contribution is -0.120. The van der Waals surface area contributed by atoms with Crippen molar-refractivity contribution in [3.63, 3.8) is 0 Å². The van der Waals surface area contributed by atoms with E-state index in [2.05, 4.69) is 23.7 Å². The molecular formula is C15H17NO2S. The molecule has 1 aromatic carbocycles. The normalized spacial score (nSPS) is 10.4. The van der Waals surface area contributed by atoms with Gasteiger partial charge in [-0.1, -0.05) is 19.1 Å². The predicted molar refractivity (Wildman–Crippen MR) is 77.4 cm³/mol. The van der Waals surface area contributed by atoms with Crippen molar-refractivity contribution in [1.82, 2.24) is 5.32 Å². The highest BCUT2D eigenvalue weighted by atomic mass is 32.1. The molecule has 2 N–H and O–H groups in total. The molecule has 100 valence electrons. The Morgan fingerprint density at radius 1 is 1.37 bits per heavy atom. The first-order valence-electron chi connectivity index (χ1n) is 6.29. The van der Waals surface area contributed by atoms with Crippen molar-refractivity contribution in [1.29, 1.82) is 0 Å². The number of aryl methyl sites for hydroxylation is 1. The van der Waals surface area contributed by atoms with E-state index in [1.54, 1.807) is 29.5 Å². The summed E-state index contributed by atoms with van der Waals surface area (Å²) in [5, 5.41) is 14.3. The minimum absolute atomic E-state index is 0.0268. The molecule has 2 aromatic rings. The van der Waals surface area contributed by atoms with Crippen LogP contribution in [0.3, 0.4) is 0 Å². The Balaban J connectivity index is 1.88. The van der Waals surface area contributed by atoms with Gasteiger partial charge in [0.1, 0.15) is 5.75 Å². The van der Waals surface area contributed by atoms with Crippen LogP contribution in [0.15, 0.2) is 35.7 Å². The Labute approximate surface area is 116 Å². The van der Waals surface area contributed by atoms with Gasteiger partial charge in [0, 0.05) is 4.88 Å². The first kappa shape index (κ1) is 13.6. The number of carbonyl (C=O) groups excluding carboxylic acids is 1. The molecule has 3 nitrogen and oxygen atoms in total. The summed E-state index contributed by atoms with van der Waals surface area (Å²) < 4.78 is 0. The van der Waals surface area contributed by atoms with Crippen LogP contribution in [0.2, 0.25) is 0 Å². The summed E-state index contributed by atoms with van der Waals surface area (Å²) in [5.41, 5.74) is 2.11. The summed E-state index contributed by atoms with van der Waals surface area (Å²) in [6.07, 6.45) is 1.28. The summed E-state index contributed by atoms with van der Waals surface area (Å²) in [5.74, 6) is 0.165. The molecule has 0 saturated carbocycles. The first-order valence-corrected chi connectivity index (χ1v) is 7.17. The average Bonchev–Trinajstić information content (AvgIpc) is 2.83. The van der Waals surface area contributed by atoms with Gasteiger partial charge in [-0.3, -0.25) is 4.79 Å². The van der Waals surface area contributed by atoms with Crippen molar-refractivity contribution >= 4 is 17.2 Å². The molecular weight excluding hydrogens is 258 g/mol. The van der Waals surface area contributed by atoms with E-state index in [-0.39, 0.29) is 11.7 Å². The zero-order valence-electron chi connectivity index (χ0n) is 10.8. The Kier molecular flexibility index (Phi) is 4.58. The zero-order valence-corrected chi connectivity index (χ0v) is 11.7. The van der Waals surface area contributed by atoms with Gasteiger partial charge in [0.2, 0.25) is 5.91 Å². The Bertz CT molecular complexity index is 563. The third kappa shape index (κ3) is 3.83. The number of hydrogen-bond donors (Lipinski definition) is 2. The summed E-state index contributed by atoms with van der Waals surface area (Å²) >= 11 is 1.67. The number of rotatable bonds is 5. The molecule has 0 spiro atoms. The number of benzene rings is 1. The van der Waals surface area contributed by atoms with Gasteiger partial charge in [-0.15, -0.1) is 11.3 Å². The van der Waals surface area contributed by atoms with Gasteiger partial charge >= 0.3 is 0 Å². The van der Waals surface area contributed by atoms with Gasteiger partial charge in [-0.25, -0.2) is 0 Å². The van der Waals surface area contributed by atoms with Gasteiger partial charge in [-0.2, -0.15) is 0 Å². The van der Waals surface area contributed by atoms with Crippen LogP contribution in [0.25, 0.3) is 0 Å². The van der Waals surface area contributed by atoms with Gasteiger partial charge in [0.25, 0.3) is 0 Å². The van der Waals surface area contributed by atoms with Crippen LogP contribution in [0.4, 0.5) is 0 Å². The molecule has 1 amide bonds. The van der Waals surface area contributed by atoms with Crippen LogP contribution in [0, 0.1) is 0 Å². The minimum Gasteiger partial charge on any atom is -0.508 e. The Morgan fingerprint density at radius 2 is 2.21 bits per heavy atom. The summed E-state index contributed by atoms with van der Waals surface area (Å²) in [7, 11) is 0. The van der Waals surface area contributed by atoms with Gasteiger partial charge in [0.15, 0.2) is 0 Å². The van der Waals surface area contributed by atoms with Gasteiger partial charge in [0.05, 0.1) is 13.0 Å². The molecule has 4 heteroatoms. The molecule has 19 heavy (non-hydrogen) atoms. The maximum Gasteiger partial charge on any atom is 0.224 e. The first-order chi connectivity index (χ1) is 9.19. The molecule has 1 heterocycles. The van der Waals surface area contributed by atoms with E-state index in [4.69, 9.17) is 0 Å². The van der Waals surface area contributed by atoms with Crippen LogP contribution >= 0.6 is 11.3 Å². The van der Waals surface area contributed by atoms with E-state index < -0.39 is 0 Å². The van der Waals surface area contributed by atoms with Crippen LogP contribution in [0.1, 0.15) is 22.9 Å². The highest BCUT2D eigenvalue weighted by molar-refractivity contribution is 7.10. The van der Waals surface area contributed by atoms with E-state index in [9.17, 15) is 9.90 Å². The van der Waals surface area contributed by atoms with E-state index in [0.717, 1.165) is 12.0 Å². The van der Waals surface area contributed by atoms with E-state index in [0.29, 0.717) is 13.0 Å². The lowest BCUT2D eigenvalue weighted by Gasteiger charge is -2.06. The molecule has 0 aliphatic carbocycles. The maximum atomic E-state index is 11.8. The third-order valence-electron chi connectivity index (χ3n) is 2.94. The second kappa shape index (κ2) is 6.38. The molecule has 0 radical (unpaired) electrons. The van der Waals surface area contributed by atoms with Crippen LogP contribution in [-0.4, -0.2) is 11.0 Å². The van der Waals surface area contributed by atoms with Crippen LogP contribution in [0.5, 0.6) is 5.75 Å². The third-order valence-corrected chi connectivity index (χ3v) is 3.90. The van der Waals surface area contributed by atoms with Crippen molar-refractivity contribution in [3.05, 3.63) is 51.7 Å². The molecule has 0 saturated heterocycles. The fourth-order valence-corrected chi connectivity index (χ4v) is 2.85. The SMILES string of the molecule is CCc1ccsc1CNC(=O)Cc1cccc(O)c1. The number of phenols is 1. The molecule has 0 aliphatic heterocycles. The smallest absolute Gasteiger partial charge is 0.224 e. The Morgan fingerprint density at radius 3 is 2.95 bits per heavy atom. The average molecular weight is 275 g/mol. The monoisotopic (exact) mass is 275 g/mol. The molecule has 2 rings (SSSR count). The molecule has 0 unspecified atom stereocenters. The summed E-state index contributed by atoms with van der Waals surface area (Å²) in [6, 6.07) is 8.89. The number of thiophene rings is 1. The topological polar surface area (TPSA) is 49.3 Å². The number of nitrogens with one attached hydrogen (secondary N) is 1. The van der Waals surface area contributed by atoms with Crippen molar-refractivity contribution in [2.45, 2.75) is 26.3 Å². The van der Waals surface area contributed by atoms with Gasteiger partial charge in [-0.05, 0) is 41.1 Å². The Hall–Kier alpha value is -1.81. The van der Waals surface area contributed by atoms with Crippen LogP contribution in [-0.2, 0) is 24.2 Å². The minimum atomic E-state index is -0.0268. The largest absolute Gasteiger partial charge is 0.508 e. The number of hydrogen-bond acceptors (Lipinski definition) is 3. The molecule has 0 bridgehead atoms. The fraction of sp³-hybridized carbons (Fsp3) is 0.267. The second-order valence-corrected chi connectivity index (χ2v) is 5.35. The van der Waals surface area contributed by atoms with Crippen molar-refractivity contribution < 1.29 is 9.90 Å². The predicted octanol–water partition coefficient (Wildman–Crippen LogP) is 2.88. The lowest BCUT2D eigenvalue weighted by Crippen LogP contribution is -2.24. The fourth-order valence-electron chi connectivity index (χ4n) is 1.93. The van der Waals surface area contributed by atoms with Gasteiger partial charge < -0.3 is 10.4 Å².